The maximum Gasteiger partial charge on any atom is 0.293 e. The van der Waals surface area contributed by atoms with Crippen molar-refractivity contribution in [3.05, 3.63) is 71.8 Å². The number of rotatable bonds is 8. The molecule has 1 saturated heterocycles. The molecule has 1 aliphatic rings. The summed E-state index contributed by atoms with van der Waals surface area (Å²) >= 11 is 0. The predicted octanol–water partition coefficient (Wildman–Crippen LogP) is 2.54. The van der Waals surface area contributed by atoms with Gasteiger partial charge in [-0.25, -0.2) is 23.2 Å². The van der Waals surface area contributed by atoms with E-state index in [9.17, 15) is 13.2 Å². The Morgan fingerprint density at radius 3 is 2.53 bits per heavy atom. The first-order valence-corrected chi connectivity index (χ1v) is 12.8. The van der Waals surface area contributed by atoms with Gasteiger partial charge in [-0.05, 0) is 55.5 Å². The van der Waals surface area contributed by atoms with Crippen LogP contribution in [0.15, 0.2) is 59.5 Å². The summed E-state index contributed by atoms with van der Waals surface area (Å²) in [6.45, 7) is 1.25. The first-order chi connectivity index (χ1) is 16.4. The van der Waals surface area contributed by atoms with Crippen molar-refractivity contribution >= 4 is 15.9 Å². The number of nitrogens with two attached hydrogens (primary N) is 1. The minimum absolute atomic E-state index is 0.00609. The molecule has 2 heterocycles. The number of amides is 1. The van der Waals surface area contributed by atoms with Gasteiger partial charge >= 0.3 is 0 Å². The van der Waals surface area contributed by atoms with Gasteiger partial charge in [-0.3, -0.25) is 4.79 Å². The van der Waals surface area contributed by atoms with Gasteiger partial charge in [-0.1, -0.05) is 30.3 Å². The highest BCUT2D eigenvalue weighted by molar-refractivity contribution is 7.89. The van der Waals surface area contributed by atoms with E-state index >= 15 is 0 Å². The molecule has 10 heteroatoms. The number of methoxy groups -OCH3 is 1. The molecule has 0 bridgehead atoms. The van der Waals surface area contributed by atoms with Crippen LogP contribution in [0.3, 0.4) is 0 Å². The Morgan fingerprint density at radius 1 is 1.12 bits per heavy atom. The van der Waals surface area contributed by atoms with Crippen LogP contribution in [-0.2, 0) is 21.2 Å². The van der Waals surface area contributed by atoms with Gasteiger partial charge in [0.25, 0.3) is 5.91 Å². The molecule has 9 nitrogen and oxygen atoms in total. The second kappa shape index (κ2) is 10.5. The van der Waals surface area contributed by atoms with Crippen LogP contribution in [0.1, 0.15) is 47.7 Å². The third kappa shape index (κ3) is 5.52. The van der Waals surface area contributed by atoms with E-state index in [1.807, 2.05) is 35.2 Å². The average molecular weight is 484 g/mol. The number of carbonyl (C=O) groups is 1. The van der Waals surface area contributed by atoms with Gasteiger partial charge < -0.3 is 9.64 Å². The van der Waals surface area contributed by atoms with Crippen LogP contribution < -0.4 is 5.14 Å². The fourth-order valence-corrected chi connectivity index (χ4v) is 4.78. The van der Waals surface area contributed by atoms with E-state index in [-0.39, 0.29) is 22.7 Å². The number of hydrogen-bond donors (Lipinski definition) is 1. The molecule has 1 atom stereocenters. The minimum atomic E-state index is -3.81. The monoisotopic (exact) mass is 483 g/mol. The Bertz CT molecular complexity index is 1230. The molecular formula is C24H29N5O4S. The minimum Gasteiger partial charge on any atom is -0.385 e. The molecule has 0 saturated carbocycles. The van der Waals surface area contributed by atoms with E-state index in [1.165, 1.54) is 12.1 Å². The van der Waals surface area contributed by atoms with Crippen LogP contribution in [0, 0.1) is 0 Å². The third-order valence-corrected chi connectivity index (χ3v) is 6.95. The SMILES string of the molecule is COCCC1CCCCN1C(=O)c1nc(Cc2ccccc2)n(-c2ccc(S(N)(=O)=O)cc2)n1. The van der Waals surface area contributed by atoms with Crippen molar-refractivity contribution in [3.8, 4) is 5.69 Å². The predicted molar refractivity (Wildman–Crippen MR) is 127 cm³/mol. The average Bonchev–Trinajstić information content (AvgIpc) is 3.26. The number of benzene rings is 2. The van der Waals surface area contributed by atoms with Gasteiger partial charge in [0.05, 0.1) is 10.6 Å². The van der Waals surface area contributed by atoms with Crippen LogP contribution >= 0.6 is 0 Å². The van der Waals surface area contributed by atoms with Crippen molar-refractivity contribution in [1.29, 1.82) is 0 Å². The highest BCUT2D eigenvalue weighted by Gasteiger charge is 2.30. The first kappa shape index (κ1) is 24.1. The molecule has 180 valence electrons. The summed E-state index contributed by atoms with van der Waals surface area (Å²) in [5, 5.41) is 9.79. The van der Waals surface area contributed by atoms with Crippen LogP contribution in [0.2, 0.25) is 0 Å². The second-order valence-corrected chi connectivity index (χ2v) is 9.96. The molecular weight excluding hydrogens is 454 g/mol. The summed E-state index contributed by atoms with van der Waals surface area (Å²) in [5.41, 5.74) is 1.62. The summed E-state index contributed by atoms with van der Waals surface area (Å²) in [5.74, 6) is 0.518. The van der Waals surface area contributed by atoms with E-state index in [4.69, 9.17) is 9.88 Å². The number of likely N-dealkylation sites (tertiary alicyclic amines) is 1. The van der Waals surface area contributed by atoms with Crippen LogP contribution in [-0.4, -0.2) is 60.3 Å². The normalized spacial score (nSPS) is 16.5. The van der Waals surface area contributed by atoms with Crippen molar-refractivity contribution in [1.82, 2.24) is 19.7 Å². The number of nitrogens with zero attached hydrogens (tertiary/aromatic N) is 4. The fraction of sp³-hybridized carbons (Fsp3) is 0.375. The van der Waals surface area contributed by atoms with Crippen molar-refractivity contribution in [2.75, 3.05) is 20.3 Å². The smallest absolute Gasteiger partial charge is 0.293 e. The molecule has 1 aromatic heterocycles. The number of sulfonamides is 1. The molecule has 2 N–H and O–H groups in total. The zero-order chi connectivity index (χ0) is 24.1. The summed E-state index contributed by atoms with van der Waals surface area (Å²) in [6, 6.07) is 15.9. The molecule has 0 radical (unpaired) electrons. The molecule has 1 amide bonds. The van der Waals surface area contributed by atoms with E-state index in [2.05, 4.69) is 10.1 Å². The summed E-state index contributed by atoms with van der Waals surface area (Å²) in [4.78, 5) is 20.0. The van der Waals surface area contributed by atoms with Crippen LogP contribution in [0.4, 0.5) is 0 Å². The number of piperidine rings is 1. The number of carbonyl (C=O) groups excluding carboxylic acids is 1. The first-order valence-electron chi connectivity index (χ1n) is 11.3. The third-order valence-electron chi connectivity index (χ3n) is 6.02. The lowest BCUT2D eigenvalue weighted by Crippen LogP contribution is -2.44. The Hall–Kier alpha value is -3.08. The van der Waals surface area contributed by atoms with E-state index in [1.54, 1.807) is 23.9 Å². The Balaban J connectivity index is 1.69. The second-order valence-electron chi connectivity index (χ2n) is 8.39. The highest BCUT2D eigenvalue weighted by atomic mass is 32.2. The van der Waals surface area contributed by atoms with Gasteiger partial charge in [0, 0.05) is 32.7 Å². The molecule has 34 heavy (non-hydrogen) atoms. The molecule has 2 aromatic carbocycles. The lowest BCUT2D eigenvalue weighted by Gasteiger charge is -2.35. The Morgan fingerprint density at radius 2 is 1.85 bits per heavy atom. The lowest BCUT2D eigenvalue weighted by molar-refractivity contribution is 0.0541. The Kier molecular flexibility index (Phi) is 7.40. The van der Waals surface area contributed by atoms with Crippen molar-refractivity contribution in [2.45, 2.75) is 43.0 Å². The van der Waals surface area contributed by atoms with Gasteiger partial charge in [0.2, 0.25) is 15.8 Å². The summed E-state index contributed by atoms with van der Waals surface area (Å²) < 4.78 is 30.1. The van der Waals surface area contributed by atoms with Gasteiger partial charge in [0.1, 0.15) is 5.82 Å². The molecule has 0 aliphatic carbocycles. The molecule has 1 aliphatic heterocycles. The highest BCUT2D eigenvalue weighted by Crippen LogP contribution is 2.23. The number of hydrogen-bond acceptors (Lipinski definition) is 6. The number of ether oxygens (including phenoxy) is 1. The summed E-state index contributed by atoms with van der Waals surface area (Å²) in [6.07, 6.45) is 4.19. The van der Waals surface area contributed by atoms with Crippen LogP contribution in [0.5, 0.6) is 0 Å². The number of primary sulfonamides is 1. The van der Waals surface area contributed by atoms with Gasteiger partial charge in [-0.15, -0.1) is 5.10 Å². The van der Waals surface area contributed by atoms with E-state index in [0.29, 0.717) is 31.1 Å². The van der Waals surface area contributed by atoms with Crippen molar-refractivity contribution in [2.24, 2.45) is 5.14 Å². The van der Waals surface area contributed by atoms with Crippen molar-refractivity contribution in [3.63, 3.8) is 0 Å². The summed E-state index contributed by atoms with van der Waals surface area (Å²) in [7, 11) is -2.15. The standard InChI is InChI=1S/C24H29N5O4S/c1-33-16-14-19-9-5-6-15-28(19)24(30)23-26-22(17-18-7-3-2-4-8-18)29(27-23)20-10-12-21(13-11-20)34(25,31)32/h2-4,7-8,10-13,19H,5-6,9,14-17H2,1H3,(H2,25,31,32). The molecule has 3 aromatic rings. The van der Waals surface area contributed by atoms with E-state index < -0.39 is 10.0 Å². The molecule has 0 spiro atoms. The topological polar surface area (TPSA) is 120 Å². The quantitative estimate of drug-likeness (QED) is 0.526. The zero-order valence-corrected chi connectivity index (χ0v) is 19.9. The molecule has 4 rings (SSSR count). The van der Waals surface area contributed by atoms with Crippen LogP contribution in [0.25, 0.3) is 5.69 Å². The maximum absolute atomic E-state index is 13.5. The number of aromatic nitrogens is 3. The lowest BCUT2D eigenvalue weighted by atomic mass is 9.99. The Labute approximate surface area is 199 Å². The van der Waals surface area contributed by atoms with Gasteiger partial charge in [0.15, 0.2) is 0 Å². The molecule has 1 fully saturated rings. The van der Waals surface area contributed by atoms with Crippen molar-refractivity contribution < 1.29 is 17.9 Å². The largest absolute Gasteiger partial charge is 0.385 e. The maximum atomic E-state index is 13.5. The van der Waals surface area contributed by atoms with E-state index in [0.717, 1.165) is 31.2 Å². The zero-order valence-electron chi connectivity index (χ0n) is 19.1. The van der Waals surface area contributed by atoms with Gasteiger partial charge in [-0.2, -0.15) is 0 Å². The fourth-order valence-electron chi connectivity index (χ4n) is 4.26. The molecule has 1 unspecified atom stereocenters.